The molecule has 0 saturated heterocycles. The van der Waals surface area contributed by atoms with E-state index in [0.29, 0.717) is 0 Å². The Morgan fingerprint density at radius 2 is 2.00 bits per heavy atom. The van der Waals surface area contributed by atoms with Crippen molar-refractivity contribution >= 4 is 5.91 Å². The van der Waals surface area contributed by atoms with Crippen LogP contribution < -0.4 is 5.32 Å². The zero-order valence-corrected chi connectivity index (χ0v) is 11.1. The predicted molar refractivity (Wildman–Crippen MR) is 72.9 cm³/mol. The van der Waals surface area contributed by atoms with E-state index in [9.17, 15) is 15.0 Å². The Hall–Kier alpha value is -1.55. The summed E-state index contributed by atoms with van der Waals surface area (Å²) in [6.45, 7) is -0.00121. The molecule has 104 valence electrons. The van der Waals surface area contributed by atoms with Gasteiger partial charge in [0.1, 0.15) is 5.75 Å². The lowest BCUT2D eigenvalue weighted by Gasteiger charge is -2.36. The van der Waals surface area contributed by atoms with Crippen LogP contribution in [0.15, 0.2) is 24.3 Å². The molecule has 0 heterocycles. The lowest BCUT2D eigenvalue weighted by molar-refractivity contribution is -0.123. The minimum Gasteiger partial charge on any atom is -0.508 e. The van der Waals surface area contributed by atoms with Crippen molar-refractivity contribution < 1.29 is 15.0 Å². The monoisotopic (exact) mass is 263 g/mol. The van der Waals surface area contributed by atoms with Crippen molar-refractivity contribution in [2.75, 3.05) is 6.61 Å². The summed E-state index contributed by atoms with van der Waals surface area (Å²) >= 11 is 0. The highest BCUT2D eigenvalue weighted by atomic mass is 16.3. The number of aromatic hydroxyl groups is 1. The Morgan fingerprint density at radius 1 is 1.26 bits per heavy atom. The summed E-state index contributed by atoms with van der Waals surface area (Å²) < 4.78 is 0. The third kappa shape index (κ3) is 3.70. The molecule has 19 heavy (non-hydrogen) atoms. The highest BCUT2D eigenvalue weighted by Gasteiger charge is 2.32. The lowest BCUT2D eigenvalue weighted by Crippen LogP contribution is -2.52. The molecular formula is C15H21NO3. The van der Waals surface area contributed by atoms with E-state index < -0.39 is 5.54 Å². The van der Waals surface area contributed by atoms with Gasteiger partial charge in [0, 0.05) is 0 Å². The largest absolute Gasteiger partial charge is 0.508 e. The van der Waals surface area contributed by atoms with Crippen molar-refractivity contribution in [1.82, 2.24) is 5.32 Å². The number of phenols is 1. The van der Waals surface area contributed by atoms with Gasteiger partial charge in [-0.1, -0.05) is 31.4 Å². The number of hydrogen-bond donors (Lipinski definition) is 3. The molecular weight excluding hydrogens is 242 g/mol. The van der Waals surface area contributed by atoms with Crippen molar-refractivity contribution in [3.63, 3.8) is 0 Å². The third-order valence-electron chi connectivity index (χ3n) is 3.79. The standard InChI is InChI=1S/C15H21NO3/c17-11-15(7-2-1-3-8-15)16-14(19)10-12-5-4-6-13(18)9-12/h4-6,9,17-18H,1-3,7-8,10-11H2,(H,16,19). The van der Waals surface area contributed by atoms with Gasteiger partial charge in [-0.2, -0.15) is 0 Å². The normalized spacial score (nSPS) is 17.9. The average Bonchev–Trinajstić information content (AvgIpc) is 2.39. The first kappa shape index (κ1) is 13.9. The molecule has 1 aromatic carbocycles. The molecule has 4 nitrogen and oxygen atoms in total. The number of aliphatic hydroxyl groups is 1. The maximum absolute atomic E-state index is 12.1. The van der Waals surface area contributed by atoms with Crippen molar-refractivity contribution in [3.05, 3.63) is 29.8 Å². The Bertz CT molecular complexity index is 439. The number of aliphatic hydroxyl groups excluding tert-OH is 1. The topological polar surface area (TPSA) is 69.6 Å². The van der Waals surface area contributed by atoms with Crippen LogP contribution in [0, 0.1) is 0 Å². The molecule has 0 unspecified atom stereocenters. The van der Waals surface area contributed by atoms with Crippen LogP contribution in [-0.2, 0) is 11.2 Å². The van der Waals surface area contributed by atoms with Crippen LogP contribution in [0.25, 0.3) is 0 Å². The number of benzene rings is 1. The molecule has 4 heteroatoms. The fourth-order valence-corrected chi connectivity index (χ4v) is 2.74. The van der Waals surface area contributed by atoms with Crippen LogP contribution in [-0.4, -0.2) is 28.3 Å². The highest BCUT2D eigenvalue weighted by Crippen LogP contribution is 2.27. The number of phenolic OH excluding ortho intramolecular Hbond substituents is 1. The van der Waals surface area contributed by atoms with E-state index in [4.69, 9.17) is 0 Å². The van der Waals surface area contributed by atoms with E-state index in [-0.39, 0.29) is 24.7 Å². The summed E-state index contributed by atoms with van der Waals surface area (Å²) in [5.74, 6) is 0.0707. The van der Waals surface area contributed by atoms with E-state index in [1.807, 2.05) is 6.07 Å². The zero-order valence-electron chi connectivity index (χ0n) is 11.1. The molecule has 1 aliphatic carbocycles. The van der Waals surface area contributed by atoms with Gasteiger partial charge < -0.3 is 15.5 Å². The minimum atomic E-state index is -0.438. The number of amides is 1. The number of nitrogens with one attached hydrogen (secondary N) is 1. The van der Waals surface area contributed by atoms with Gasteiger partial charge in [0.25, 0.3) is 0 Å². The van der Waals surface area contributed by atoms with E-state index >= 15 is 0 Å². The van der Waals surface area contributed by atoms with E-state index in [1.165, 1.54) is 6.42 Å². The van der Waals surface area contributed by atoms with Gasteiger partial charge >= 0.3 is 0 Å². The second-order valence-corrected chi connectivity index (χ2v) is 5.39. The van der Waals surface area contributed by atoms with E-state index in [1.54, 1.807) is 18.2 Å². The summed E-state index contributed by atoms with van der Waals surface area (Å²) in [4.78, 5) is 12.1. The van der Waals surface area contributed by atoms with Gasteiger partial charge in [0.05, 0.1) is 18.6 Å². The molecule has 1 amide bonds. The van der Waals surface area contributed by atoms with Gasteiger partial charge in [-0.25, -0.2) is 0 Å². The van der Waals surface area contributed by atoms with Gasteiger partial charge in [-0.15, -0.1) is 0 Å². The van der Waals surface area contributed by atoms with Crippen LogP contribution in [0.1, 0.15) is 37.7 Å². The van der Waals surface area contributed by atoms with Crippen LogP contribution in [0.5, 0.6) is 5.75 Å². The molecule has 0 aromatic heterocycles. The zero-order chi connectivity index (χ0) is 13.7. The summed E-state index contributed by atoms with van der Waals surface area (Å²) in [5, 5.41) is 21.9. The first-order chi connectivity index (χ1) is 9.13. The second kappa shape index (κ2) is 6.06. The number of carbonyl (C=O) groups is 1. The maximum atomic E-state index is 12.1. The van der Waals surface area contributed by atoms with Gasteiger partial charge in [0.15, 0.2) is 0 Å². The SMILES string of the molecule is O=C(Cc1cccc(O)c1)NC1(CO)CCCCC1. The highest BCUT2D eigenvalue weighted by molar-refractivity contribution is 5.79. The van der Waals surface area contributed by atoms with Crippen LogP contribution in [0.4, 0.5) is 0 Å². The Balaban J connectivity index is 1.96. The Labute approximate surface area is 113 Å². The minimum absolute atomic E-state index is 0.00121. The fraction of sp³-hybridized carbons (Fsp3) is 0.533. The number of carbonyl (C=O) groups excluding carboxylic acids is 1. The van der Waals surface area contributed by atoms with Crippen molar-refractivity contribution in [3.8, 4) is 5.75 Å². The molecule has 0 radical (unpaired) electrons. The summed E-state index contributed by atoms with van der Waals surface area (Å²) in [5.41, 5.74) is 0.341. The molecule has 2 rings (SSSR count). The molecule has 0 spiro atoms. The second-order valence-electron chi connectivity index (χ2n) is 5.39. The molecule has 1 saturated carbocycles. The summed E-state index contributed by atoms with van der Waals surface area (Å²) in [6.07, 6.45) is 5.19. The van der Waals surface area contributed by atoms with Crippen LogP contribution in [0.2, 0.25) is 0 Å². The fourth-order valence-electron chi connectivity index (χ4n) is 2.74. The first-order valence-electron chi connectivity index (χ1n) is 6.83. The first-order valence-corrected chi connectivity index (χ1v) is 6.83. The van der Waals surface area contributed by atoms with Gasteiger partial charge in [-0.3, -0.25) is 4.79 Å². The van der Waals surface area contributed by atoms with Crippen molar-refractivity contribution in [1.29, 1.82) is 0 Å². The van der Waals surface area contributed by atoms with Crippen molar-refractivity contribution in [2.24, 2.45) is 0 Å². The van der Waals surface area contributed by atoms with Crippen molar-refractivity contribution in [2.45, 2.75) is 44.1 Å². The van der Waals surface area contributed by atoms with E-state index in [0.717, 1.165) is 31.2 Å². The molecule has 0 bridgehead atoms. The van der Waals surface area contributed by atoms with Gasteiger partial charge in [0.2, 0.25) is 5.91 Å². The summed E-state index contributed by atoms with van der Waals surface area (Å²) in [7, 11) is 0. The molecule has 0 aliphatic heterocycles. The number of rotatable bonds is 4. The smallest absolute Gasteiger partial charge is 0.224 e. The quantitative estimate of drug-likeness (QED) is 0.775. The van der Waals surface area contributed by atoms with Crippen LogP contribution >= 0.6 is 0 Å². The van der Waals surface area contributed by atoms with E-state index in [2.05, 4.69) is 5.32 Å². The average molecular weight is 263 g/mol. The molecule has 3 N–H and O–H groups in total. The summed E-state index contributed by atoms with van der Waals surface area (Å²) in [6, 6.07) is 6.70. The molecule has 1 fully saturated rings. The molecule has 0 atom stereocenters. The maximum Gasteiger partial charge on any atom is 0.224 e. The predicted octanol–water partition coefficient (Wildman–Crippen LogP) is 1.75. The Kier molecular flexibility index (Phi) is 4.43. The number of hydrogen-bond acceptors (Lipinski definition) is 3. The van der Waals surface area contributed by atoms with Crippen LogP contribution in [0.3, 0.4) is 0 Å². The lowest BCUT2D eigenvalue weighted by atomic mass is 9.82. The third-order valence-corrected chi connectivity index (χ3v) is 3.79. The molecule has 1 aliphatic rings. The van der Waals surface area contributed by atoms with Gasteiger partial charge in [-0.05, 0) is 30.5 Å². The molecule has 1 aromatic rings. The Morgan fingerprint density at radius 3 is 2.63 bits per heavy atom.